The number of rotatable bonds is 3. The lowest BCUT2D eigenvalue weighted by Gasteiger charge is -2.39. The Morgan fingerprint density at radius 3 is 2.38 bits per heavy atom. The fourth-order valence-corrected chi connectivity index (χ4v) is 4.37. The molecule has 0 amide bonds. The first-order chi connectivity index (χ1) is 13.8. The molecule has 2 heterocycles. The summed E-state index contributed by atoms with van der Waals surface area (Å²) in [5.74, 6) is -2.55. The van der Waals surface area contributed by atoms with Crippen LogP contribution in [-0.2, 0) is 19.1 Å². The van der Waals surface area contributed by atoms with Crippen LogP contribution in [0.15, 0.2) is 47.8 Å². The Balaban J connectivity index is 2.04. The van der Waals surface area contributed by atoms with Crippen LogP contribution in [0.1, 0.15) is 33.1 Å². The molecule has 0 aromatic heterocycles. The van der Waals surface area contributed by atoms with Gasteiger partial charge in [0.1, 0.15) is 23.8 Å². The van der Waals surface area contributed by atoms with Gasteiger partial charge < -0.3 is 24.8 Å². The molecule has 3 N–H and O–H groups in total. The van der Waals surface area contributed by atoms with Crippen molar-refractivity contribution in [3.8, 4) is 0 Å². The Kier molecular flexibility index (Phi) is 6.72. The number of cyclic esters (lactones) is 1. The minimum absolute atomic E-state index is 0.0118. The third-order valence-corrected chi connectivity index (χ3v) is 5.60. The maximum Gasteiger partial charge on any atom is 0.338 e. The van der Waals surface area contributed by atoms with Crippen molar-refractivity contribution in [3.63, 3.8) is 0 Å². The van der Waals surface area contributed by atoms with Crippen LogP contribution in [0.2, 0.25) is 0 Å². The molecule has 7 atom stereocenters. The zero-order valence-electron chi connectivity index (χ0n) is 16.6. The van der Waals surface area contributed by atoms with Crippen LogP contribution in [0.25, 0.3) is 0 Å². The SMILES string of the molecule is C/C=C/C=C/C=C/C1=C2C(=O)O[C@@H](C)C[C@@H](O)C[C@@H](O)[C@@H]3C(=O)C[C@@H](O)[C@H](O1)[C@H]23. The van der Waals surface area contributed by atoms with Crippen molar-refractivity contribution in [2.45, 2.75) is 63.6 Å². The topological polar surface area (TPSA) is 113 Å². The molecule has 1 aliphatic carbocycles. The zero-order chi connectivity index (χ0) is 21.1. The van der Waals surface area contributed by atoms with Crippen molar-refractivity contribution in [2.24, 2.45) is 11.8 Å². The largest absolute Gasteiger partial charge is 0.486 e. The summed E-state index contributed by atoms with van der Waals surface area (Å²) in [6, 6.07) is 0. The number of Topliss-reactive ketones (excluding diaryl/α,β-unsaturated/α-hetero) is 1. The van der Waals surface area contributed by atoms with Crippen molar-refractivity contribution in [2.75, 3.05) is 0 Å². The lowest BCUT2D eigenvalue weighted by Crippen LogP contribution is -2.52. The number of aliphatic hydroxyl groups excluding tert-OH is 3. The highest BCUT2D eigenvalue weighted by Crippen LogP contribution is 2.46. The number of ketones is 1. The number of ether oxygens (including phenoxy) is 2. The first-order valence-corrected chi connectivity index (χ1v) is 9.98. The van der Waals surface area contributed by atoms with Gasteiger partial charge in [0.15, 0.2) is 0 Å². The molecule has 3 aliphatic rings. The van der Waals surface area contributed by atoms with Crippen LogP contribution in [0.5, 0.6) is 0 Å². The fraction of sp³-hybridized carbons (Fsp3) is 0.545. The number of carbonyl (C=O) groups excluding carboxylic acids is 2. The van der Waals surface area contributed by atoms with E-state index in [-0.39, 0.29) is 36.4 Å². The van der Waals surface area contributed by atoms with Crippen LogP contribution in [-0.4, -0.2) is 57.6 Å². The Morgan fingerprint density at radius 2 is 1.66 bits per heavy atom. The van der Waals surface area contributed by atoms with E-state index in [1.807, 2.05) is 25.2 Å². The highest BCUT2D eigenvalue weighted by Gasteiger charge is 2.55. The molecule has 0 aromatic carbocycles. The molecule has 158 valence electrons. The molecule has 1 saturated heterocycles. The molecule has 2 aliphatic heterocycles. The van der Waals surface area contributed by atoms with E-state index < -0.39 is 48.3 Å². The molecule has 3 rings (SSSR count). The van der Waals surface area contributed by atoms with E-state index in [0.29, 0.717) is 0 Å². The maximum absolute atomic E-state index is 12.9. The second-order valence-corrected chi connectivity index (χ2v) is 7.83. The lowest BCUT2D eigenvalue weighted by atomic mass is 9.68. The molecule has 0 aromatic rings. The molecule has 0 radical (unpaired) electrons. The van der Waals surface area contributed by atoms with Gasteiger partial charge in [-0.15, -0.1) is 0 Å². The van der Waals surface area contributed by atoms with Gasteiger partial charge in [-0.05, 0) is 19.9 Å². The van der Waals surface area contributed by atoms with Gasteiger partial charge in [-0.25, -0.2) is 4.79 Å². The summed E-state index contributed by atoms with van der Waals surface area (Å²) in [6.45, 7) is 3.55. The Bertz CT molecular complexity index is 763. The second-order valence-electron chi connectivity index (χ2n) is 7.83. The molecular weight excluding hydrogens is 376 g/mol. The van der Waals surface area contributed by atoms with Gasteiger partial charge in [0.25, 0.3) is 0 Å². The highest BCUT2D eigenvalue weighted by molar-refractivity contribution is 5.94. The van der Waals surface area contributed by atoms with Gasteiger partial charge in [-0.1, -0.05) is 30.4 Å². The monoisotopic (exact) mass is 404 g/mol. The molecule has 7 nitrogen and oxygen atoms in total. The van der Waals surface area contributed by atoms with Crippen LogP contribution in [0, 0.1) is 11.8 Å². The summed E-state index contributed by atoms with van der Waals surface area (Å²) in [5, 5.41) is 31.3. The third kappa shape index (κ3) is 4.52. The summed E-state index contributed by atoms with van der Waals surface area (Å²) >= 11 is 0. The van der Waals surface area contributed by atoms with Crippen LogP contribution < -0.4 is 0 Å². The molecule has 29 heavy (non-hydrogen) atoms. The van der Waals surface area contributed by atoms with Crippen LogP contribution in [0.3, 0.4) is 0 Å². The number of hydrogen-bond acceptors (Lipinski definition) is 7. The molecule has 0 bridgehead atoms. The number of carbonyl (C=O) groups is 2. The van der Waals surface area contributed by atoms with Gasteiger partial charge in [-0.3, -0.25) is 4.79 Å². The second kappa shape index (κ2) is 9.07. The Hall–Kier alpha value is -2.22. The van der Waals surface area contributed by atoms with Crippen molar-refractivity contribution in [3.05, 3.63) is 47.8 Å². The van der Waals surface area contributed by atoms with Crippen molar-refractivity contribution in [1.82, 2.24) is 0 Å². The third-order valence-electron chi connectivity index (χ3n) is 5.60. The first-order valence-electron chi connectivity index (χ1n) is 9.98. The number of allylic oxidation sites excluding steroid dienone is 6. The Labute approximate surface area is 170 Å². The summed E-state index contributed by atoms with van der Waals surface area (Å²) in [5.41, 5.74) is 0.157. The maximum atomic E-state index is 12.9. The minimum Gasteiger partial charge on any atom is -0.486 e. The van der Waals surface area contributed by atoms with E-state index in [1.165, 1.54) is 0 Å². The van der Waals surface area contributed by atoms with Gasteiger partial charge in [0, 0.05) is 25.2 Å². The van der Waals surface area contributed by atoms with E-state index in [1.54, 1.807) is 25.2 Å². The Morgan fingerprint density at radius 1 is 0.931 bits per heavy atom. The lowest BCUT2D eigenvalue weighted by molar-refractivity contribution is -0.152. The van der Waals surface area contributed by atoms with E-state index >= 15 is 0 Å². The molecule has 1 saturated carbocycles. The summed E-state index contributed by atoms with van der Waals surface area (Å²) < 4.78 is 11.4. The number of esters is 1. The predicted octanol–water partition coefficient (Wildman–Crippen LogP) is 1.34. The van der Waals surface area contributed by atoms with Crippen molar-refractivity contribution >= 4 is 11.8 Å². The quantitative estimate of drug-likeness (QED) is 0.480. The average molecular weight is 404 g/mol. The van der Waals surface area contributed by atoms with E-state index in [0.717, 1.165) is 0 Å². The predicted molar refractivity (Wildman–Crippen MR) is 104 cm³/mol. The van der Waals surface area contributed by atoms with Gasteiger partial charge >= 0.3 is 5.97 Å². The summed E-state index contributed by atoms with van der Waals surface area (Å²) in [4.78, 5) is 25.6. The van der Waals surface area contributed by atoms with Crippen LogP contribution in [0.4, 0.5) is 0 Å². The van der Waals surface area contributed by atoms with E-state index in [2.05, 4.69) is 0 Å². The average Bonchev–Trinajstić information content (AvgIpc) is 3.00. The smallest absolute Gasteiger partial charge is 0.338 e. The van der Waals surface area contributed by atoms with Gasteiger partial charge in [-0.2, -0.15) is 0 Å². The number of aliphatic hydroxyl groups is 3. The molecular formula is C22H28O7. The number of hydrogen-bond donors (Lipinski definition) is 3. The van der Waals surface area contributed by atoms with Crippen molar-refractivity contribution < 1.29 is 34.4 Å². The molecule has 0 spiro atoms. The van der Waals surface area contributed by atoms with Crippen molar-refractivity contribution in [1.29, 1.82) is 0 Å². The molecule has 2 fully saturated rings. The van der Waals surface area contributed by atoms with Gasteiger partial charge in [0.2, 0.25) is 0 Å². The summed E-state index contributed by atoms with van der Waals surface area (Å²) in [7, 11) is 0. The summed E-state index contributed by atoms with van der Waals surface area (Å²) in [6.07, 6.45) is 6.00. The standard InChI is InChI=1S/C22H28O7/c1-3-4-5-6-7-8-17-19-20-18(15(25)11-16(26)21(20)29-17)14(24)10-13(23)9-12(2)28-22(19)27/h3-8,12-14,16,18,20-21,23-24,26H,9-11H2,1-2H3/b4-3+,6-5+,8-7+/t12-,13+,14+,16+,18+,20-,21-/m0/s1. The molecule has 7 heteroatoms. The highest BCUT2D eigenvalue weighted by atomic mass is 16.6. The van der Waals surface area contributed by atoms with Crippen LogP contribution >= 0.6 is 0 Å². The normalized spacial score (nSPS) is 38.6. The zero-order valence-corrected chi connectivity index (χ0v) is 16.6. The van der Waals surface area contributed by atoms with E-state index in [4.69, 9.17) is 9.47 Å². The fourth-order valence-electron chi connectivity index (χ4n) is 4.37. The first kappa shape index (κ1) is 21.5. The molecule has 0 unspecified atom stereocenters. The minimum atomic E-state index is -1.15. The van der Waals surface area contributed by atoms with E-state index in [9.17, 15) is 24.9 Å². The van der Waals surface area contributed by atoms with Gasteiger partial charge in [0.05, 0.1) is 29.8 Å².